The van der Waals surface area contributed by atoms with Crippen LogP contribution in [0.4, 0.5) is 0 Å². The molecule has 0 spiro atoms. The van der Waals surface area contributed by atoms with Crippen LogP contribution in [0.5, 0.6) is 0 Å². The maximum Gasteiger partial charge on any atom is 0.472 e. The lowest BCUT2D eigenvalue weighted by Crippen LogP contribution is -2.29. The number of likely N-dealkylation sites (N-methyl/N-ethyl adjacent to an activating group) is 1. The Balaban J connectivity index is 4.25. The van der Waals surface area contributed by atoms with E-state index in [2.05, 4.69) is 92.1 Å². The summed E-state index contributed by atoms with van der Waals surface area (Å²) >= 11 is 0. The third kappa shape index (κ3) is 45.0. The van der Waals surface area contributed by atoms with Crippen LogP contribution in [0.2, 0.25) is 0 Å². The van der Waals surface area contributed by atoms with Gasteiger partial charge in [-0.1, -0.05) is 164 Å². The number of nitrogens with one attached hydrogen (secondary N) is 1. The summed E-state index contributed by atoms with van der Waals surface area (Å²) in [4.78, 5) is 35.2. The van der Waals surface area contributed by atoms with Crippen molar-refractivity contribution in [3.8, 4) is 0 Å². The van der Waals surface area contributed by atoms with Crippen LogP contribution in [0.15, 0.2) is 72.9 Å². The van der Waals surface area contributed by atoms with Gasteiger partial charge in [-0.25, -0.2) is 4.57 Å². The van der Waals surface area contributed by atoms with Crippen LogP contribution in [0, 0.1) is 0 Å². The Morgan fingerprint density at radius 1 is 0.517 bits per heavy atom. The molecule has 0 saturated carbocycles. The standard InChI is InChI=1S/C50H88NO8P/c1-4-6-8-10-12-14-16-18-20-22-24-26-28-30-32-34-36-38-40-42-49(52)56-46-48(47-58-60(54,55)57-45-44-51-3)59-50(53)43-41-39-37-35-33-31-29-27-25-23-21-19-17-15-13-11-9-7-5-2/h12-15,18-21,24,26,30,32,48,51H,4-11,16-17,22-23,25,27-29,31,33-47H2,1-3H3,(H,54,55)/b14-12-,15-13-,20-18-,21-19-,26-24-,32-30-. The van der Waals surface area contributed by atoms with Gasteiger partial charge in [0.05, 0.1) is 13.2 Å². The number of carbonyl (C=O) groups excluding carboxylic acids is 2. The maximum absolute atomic E-state index is 12.7. The van der Waals surface area contributed by atoms with Gasteiger partial charge < -0.3 is 19.7 Å². The van der Waals surface area contributed by atoms with E-state index in [4.69, 9.17) is 18.5 Å². The van der Waals surface area contributed by atoms with Gasteiger partial charge in [-0.15, -0.1) is 0 Å². The van der Waals surface area contributed by atoms with E-state index in [1.807, 2.05) is 0 Å². The topological polar surface area (TPSA) is 120 Å². The Morgan fingerprint density at radius 3 is 1.35 bits per heavy atom. The van der Waals surface area contributed by atoms with Crippen molar-refractivity contribution in [2.45, 2.75) is 200 Å². The lowest BCUT2D eigenvalue weighted by atomic mass is 10.1. The average Bonchev–Trinajstić information content (AvgIpc) is 3.23. The van der Waals surface area contributed by atoms with Crippen LogP contribution in [0.25, 0.3) is 0 Å². The SMILES string of the molecule is CCCCC/C=C\C/C=C\C/C=C\C/C=C\CCCCCC(=O)OCC(COP(=O)(O)OCCNC)OC(=O)CCCCCCCCCCC/C=C\C/C=C\CCCCC. The number of rotatable bonds is 44. The van der Waals surface area contributed by atoms with Crippen molar-refractivity contribution in [3.63, 3.8) is 0 Å². The molecule has 0 bridgehead atoms. The molecule has 0 heterocycles. The smallest absolute Gasteiger partial charge is 0.462 e. The molecule has 0 amide bonds. The number of ether oxygens (including phenoxy) is 2. The first kappa shape index (κ1) is 57.4. The predicted octanol–water partition coefficient (Wildman–Crippen LogP) is 14.1. The van der Waals surface area contributed by atoms with Crippen molar-refractivity contribution in [1.82, 2.24) is 5.32 Å². The van der Waals surface area contributed by atoms with Crippen LogP contribution in [-0.2, 0) is 32.7 Å². The highest BCUT2D eigenvalue weighted by Crippen LogP contribution is 2.43. The van der Waals surface area contributed by atoms with Crippen molar-refractivity contribution in [1.29, 1.82) is 0 Å². The van der Waals surface area contributed by atoms with E-state index in [0.717, 1.165) is 70.6 Å². The van der Waals surface area contributed by atoms with E-state index in [1.165, 1.54) is 83.5 Å². The molecule has 0 aliphatic carbocycles. The summed E-state index contributed by atoms with van der Waals surface area (Å²) in [7, 11) is -2.67. The van der Waals surface area contributed by atoms with Gasteiger partial charge in [0.15, 0.2) is 6.10 Å². The van der Waals surface area contributed by atoms with Gasteiger partial charge in [-0.3, -0.25) is 18.6 Å². The van der Waals surface area contributed by atoms with Gasteiger partial charge in [0.1, 0.15) is 6.61 Å². The van der Waals surface area contributed by atoms with Gasteiger partial charge in [0.25, 0.3) is 0 Å². The zero-order chi connectivity index (χ0) is 43.9. The highest BCUT2D eigenvalue weighted by Gasteiger charge is 2.26. The van der Waals surface area contributed by atoms with E-state index in [0.29, 0.717) is 19.4 Å². The molecule has 0 radical (unpaired) electrons. The zero-order valence-electron chi connectivity index (χ0n) is 38.4. The summed E-state index contributed by atoms with van der Waals surface area (Å²) in [6.07, 6.45) is 55.1. The Labute approximate surface area is 367 Å². The fraction of sp³-hybridized carbons (Fsp3) is 0.720. The van der Waals surface area contributed by atoms with Gasteiger partial charge in [-0.2, -0.15) is 0 Å². The van der Waals surface area contributed by atoms with Crippen molar-refractivity contribution in [3.05, 3.63) is 72.9 Å². The average molecular weight is 862 g/mol. The van der Waals surface area contributed by atoms with Crippen LogP contribution in [0.1, 0.15) is 194 Å². The molecule has 2 unspecified atom stereocenters. The zero-order valence-corrected chi connectivity index (χ0v) is 39.3. The minimum atomic E-state index is -4.37. The Morgan fingerprint density at radius 2 is 0.900 bits per heavy atom. The molecule has 0 aromatic carbocycles. The quantitative estimate of drug-likeness (QED) is 0.0267. The van der Waals surface area contributed by atoms with Gasteiger partial charge in [-0.05, 0) is 96.9 Å². The molecule has 0 rings (SSSR count). The summed E-state index contributed by atoms with van der Waals surface area (Å²) in [6.45, 7) is 4.13. The van der Waals surface area contributed by atoms with E-state index in [-0.39, 0.29) is 26.1 Å². The molecular formula is C50H88NO8P. The van der Waals surface area contributed by atoms with Crippen LogP contribution in [0.3, 0.4) is 0 Å². The summed E-state index contributed by atoms with van der Waals surface area (Å²) in [5, 5.41) is 2.82. The lowest BCUT2D eigenvalue weighted by molar-refractivity contribution is -0.161. The number of allylic oxidation sites excluding steroid dienone is 12. The van der Waals surface area contributed by atoms with Crippen LogP contribution >= 0.6 is 7.82 Å². The molecule has 2 atom stereocenters. The Hall–Kier alpha value is -2.55. The van der Waals surface area contributed by atoms with Crippen molar-refractivity contribution in [2.75, 3.05) is 33.4 Å². The number of phosphoric acid groups is 1. The van der Waals surface area contributed by atoms with Crippen molar-refractivity contribution < 1.29 is 37.6 Å². The normalized spacial score (nSPS) is 13.9. The van der Waals surface area contributed by atoms with Crippen LogP contribution in [-0.4, -0.2) is 56.3 Å². The fourth-order valence-electron chi connectivity index (χ4n) is 6.15. The maximum atomic E-state index is 12.7. The predicted molar refractivity (Wildman–Crippen MR) is 252 cm³/mol. The van der Waals surface area contributed by atoms with Crippen molar-refractivity contribution >= 4 is 19.8 Å². The first-order valence-electron chi connectivity index (χ1n) is 23.9. The van der Waals surface area contributed by atoms with E-state index >= 15 is 0 Å². The summed E-state index contributed by atoms with van der Waals surface area (Å²) in [6, 6.07) is 0. The van der Waals surface area contributed by atoms with Gasteiger partial charge in [0.2, 0.25) is 0 Å². The third-order valence-electron chi connectivity index (χ3n) is 9.80. The minimum Gasteiger partial charge on any atom is -0.462 e. The molecule has 0 aliphatic heterocycles. The largest absolute Gasteiger partial charge is 0.472 e. The molecule has 0 aliphatic rings. The van der Waals surface area contributed by atoms with Gasteiger partial charge in [0, 0.05) is 19.4 Å². The minimum absolute atomic E-state index is 0.0265. The molecule has 0 aromatic rings. The Bertz CT molecular complexity index is 1210. The first-order chi connectivity index (χ1) is 29.3. The molecule has 0 saturated heterocycles. The molecule has 60 heavy (non-hydrogen) atoms. The number of hydrogen-bond acceptors (Lipinski definition) is 8. The van der Waals surface area contributed by atoms with E-state index in [1.54, 1.807) is 7.05 Å². The summed E-state index contributed by atoms with van der Waals surface area (Å²) in [5.41, 5.74) is 0. The lowest BCUT2D eigenvalue weighted by Gasteiger charge is -2.20. The third-order valence-corrected chi connectivity index (χ3v) is 10.8. The second-order valence-corrected chi connectivity index (χ2v) is 17.0. The van der Waals surface area contributed by atoms with E-state index in [9.17, 15) is 19.0 Å². The number of carbonyl (C=O) groups is 2. The van der Waals surface area contributed by atoms with Gasteiger partial charge >= 0.3 is 19.8 Å². The number of phosphoric ester groups is 1. The number of unbranched alkanes of at least 4 members (excludes halogenated alkanes) is 18. The fourth-order valence-corrected chi connectivity index (χ4v) is 6.91. The van der Waals surface area contributed by atoms with E-state index < -0.39 is 32.5 Å². The molecular weight excluding hydrogens is 774 g/mol. The highest BCUT2D eigenvalue weighted by atomic mass is 31.2. The van der Waals surface area contributed by atoms with Crippen molar-refractivity contribution in [2.24, 2.45) is 0 Å². The molecule has 2 N–H and O–H groups in total. The Kier molecular flexibility index (Phi) is 44.0. The molecule has 0 aromatic heterocycles. The molecule has 10 heteroatoms. The summed E-state index contributed by atoms with van der Waals surface area (Å²) in [5.74, 6) is -0.850. The monoisotopic (exact) mass is 862 g/mol. The molecule has 346 valence electrons. The number of esters is 2. The first-order valence-corrected chi connectivity index (χ1v) is 25.4. The summed E-state index contributed by atoms with van der Waals surface area (Å²) < 4.78 is 33.2. The second kappa shape index (κ2) is 46.0. The highest BCUT2D eigenvalue weighted by molar-refractivity contribution is 7.47. The number of hydrogen-bond donors (Lipinski definition) is 2. The second-order valence-electron chi connectivity index (χ2n) is 15.6. The molecule has 9 nitrogen and oxygen atoms in total. The van der Waals surface area contributed by atoms with Crippen LogP contribution < -0.4 is 5.32 Å². The molecule has 0 fully saturated rings.